The van der Waals surface area contributed by atoms with E-state index < -0.39 is 0 Å². The number of oxazole rings is 1. The predicted molar refractivity (Wildman–Crippen MR) is 165 cm³/mol. The first-order chi connectivity index (χ1) is 19.3. The molecule has 4 heteroatoms. The van der Waals surface area contributed by atoms with Gasteiger partial charge in [0.05, 0.1) is 11.4 Å². The molecule has 0 bridgehead atoms. The van der Waals surface area contributed by atoms with Crippen molar-refractivity contribution in [2.75, 3.05) is 4.90 Å². The minimum absolute atomic E-state index is 0.548. The van der Waals surface area contributed by atoms with Crippen molar-refractivity contribution in [3.05, 3.63) is 133 Å². The molecular formula is C35H22N2OS. The quantitative estimate of drug-likeness (QED) is 0.232. The molecule has 8 aromatic rings. The Morgan fingerprint density at radius 2 is 1.28 bits per heavy atom. The van der Waals surface area contributed by atoms with Gasteiger partial charge in [0.1, 0.15) is 5.52 Å². The lowest BCUT2D eigenvalue weighted by Crippen LogP contribution is -2.10. The number of benzene rings is 6. The van der Waals surface area contributed by atoms with Crippen LogP contribution in [0.3, 0.4) is 0 Å². The first-order valence-corrected chi connectivity index (χ1v) is 13.8. The van der Waals surface area contributed by atoms with Crippen LogP contribution in [-0.4, -0.2) is 4.98 Å². The molecule has 0 aliphatic rings. The molecular weight excluding hydrogens is 496 g/mol. The third kappa shape index (κ3) is 3.69. The zero-order chi connectivity index (χ0) is 25.8. The summed E-state index contributed by atoms with van der Waals surface area (Å²) in [5.41, 5.74) is 5.96. The third-order valence-corrected chi connectivity index (χ3v) is 8.43. The van der Waals surface area contributed by atoms with Crippen LogP contribution in [0.25, 0.3) is 53.2 Å². The van der Waals surface area contributed by atoms with Crippen molar-refractivity contribution in [2.24, 2.45) is 0 Å². The summed E-state index contributed by atoms with van der Waals surface area (Å²) in [5.74, 6) is 0. The first-order valence-electron chi connectivity index (χ1n) is 13.0. The maximum absolute atomic E-state index is 6.48. The van der Waals surface area contributed by atoms with Crippen LogP contribution in [0, 0.1) is 0 Å². The van der Waals surface area contributed by atoms with Crippen molar-refractivity contribution in [1.82, 2.24) is 4.98 Å². The van der Waals surface area contributed by atoms with E-state index in [-0.39, 0.29) is 0 Å². The van der Waals surface area contributed by atoms with Gasteiger partial charge in [-0.1, -0.05) is 97.1 Å². The van der Waals surface area contributed by atoms with Crippen LogP contribution in [0.2, 0.25) is 0 Å². The summed E-state index contributed by atoms with van der Waals surface area (Å²) in [6.07, 6.45) is 0. The predicted octanol–water partition coefficient (Wildman–Crippen LogP) is 10.5. The van der Waals surface area contributed by atoms with E-state index in [2.05, 4.69) is 120 Å². The molecule has 0 atom stereocenters. The second-order valence-electron chi connectivity index (χ2n) is 9.66. The molecule has 2 heterocycles. The summed E-state index contributed by atoms with van der Waals surface area (Å²) in [6, 6.07) is 47.2. The smallest absolute Gasteiger partial charge is 0.307 e. The summed E-state index contributed by atoms with van der Waals surface area (Å²) in [6.45, 7) is 0. The largest absolute Gasteiger partial charge is 0.423 e. The van der Waals surface area contributed by atoms with Crippen molar-refractivity contribution >= 4 is 70.8 Å². The highest BCUT2D eigenvalue weighted by Gasteiger charge is 2.21. The monoisotopic (exact) mass is 518 g/mol. The van der Waals surface area contributed by atoms with E-state index >= 15 is 0 Å². The molecule has 0 saturated carbocycles. The Hall–Kier alpha value is -4.93. The number of anilines is 3. The highest BCUT2D eigenvalue weighted by Crippen LogP contribution is 2.42. The van der Waals surface area contributed by atoms with Gasteiger partial charge in [-0.3, -0.25) is 4.90 Å². The Morgan fingerprint density at radius 3 is 2.21 bits per heavy atom. The molecule has 3 nitrogen and oxygen atoms in total. The second-order valence-corrected chi connectivity index (χ2v) is 10.7. The molecule has 0 amide bonds. The zero-order valence-corrected chi connectivity index (χ0v) is 21.7. The molecule has 184 valence electrons. The number of nitrogens with zero attached hydrogens (tertiary/aromatic N) is 2. The summed E-state index contributed by atoms with van der Waals surface area (Å²) >= 11 is 1.81. The van der Waals surface area contributed by atoms with Crippen molar-refractivity contribution in [3.8, 4) is 11.1 Å². The Balaban J connectivity index is 1.36. The standard InChI is InChI=1S/C35H22N2OS/c1-2-9-23(10-3-1)25-12-8-13-26(21-25)37(27-18-19-30-29-15-6-7-16-32(29)39-33(30)22-27)35-36-34-28-14-5-4-11-24(28)17-20-31(34)38-35/h1-22H. The fourth-order valence-electron chi connectivity index (χ4n) is 5.42. The number of aromatic nitrogens is 1. The summed E-state index contributed by atoms with van der Waals surface area (Å²) < 4.78 is 9.01. The van der Waals surface area contributed by atoms with Crippen molar-refractivity contribution < 1.29 is 4.42 Å². The van der Waals surface area contributed by atoms with Gasteiger partial charge in [-0.15, -0.1) is 11.3 Å². The van der Waals surface area contributed by atoms with Crippen LogP contribution < -0.4 is 4.90 Å². The zero-order valence-electron chi connectivity index (χ0n) is 20.9. The van der Waals surface area contributed by atoms with Gasteiger partial charge in [0.2, 0.25) is 0 Å². The summed E-state index contributed by atoms with van der Waals surface area (Å²) in [5, 5.41) is 4.79. The lowest BCUT2D eigenvalue weighted by atomic mass is 10.0. The Bertz CT molecular complexity index is 2140. The van der Waals surface area contributed by atoms with E-state index in [4.69, 9.17) is 9.40 Å². The minimum atomic E-state index is 0.548. The fourth-order valence-corrected chi connectivity index (χ4v) is 6.56. The van der Waals surface area contributed by atoms with Crippen LogP contribution >= 0.6 is 11.3 Å². The molecule has 0 aliphatic heterocycles. The Morgan fingerprint density at radius 1 is 0.538 bits per heavy atom. The number of rotatable bonds is 4. The molecule has 0 spiro atoms. The molecule has 0 aliphatic carbocycles. The maximum Gasteiger partial charge on any atom is 0.307 e. The van der Waals surface area contributed by atoms with Gasteiger partial charge in [-0.05, 0) is 52.9 Å². The van der Waals surface area contributed by atoms with Gasteiger partial charge in [0, 0.05) is 25.6 Å². The van der Waals surface area contributed by atoms with E-state index in [1.165, 1.54) is 25.7 Å². The lowest BCUT2D eigenvalue weighted by Gasteiger charge is -2.22. The molecule has 0 fully saturated rings. The molecule has 39 heavy (non-hydrogen) atoms. The number of hydrogen-bond donors (Lipinski definition) is 0. The molecule has 0 radical (unpaired) electrons. The minimum Gasteiger partial charge on any atom is -0.423 e. The molecule has 6 aromatic carbocycles. The highest BCUT2D eigenvalue weighted by atomic mass is 32.1. The van der Waals surface area contributed by atoms with Gasteiger partial charge in [0.15, 0.2) is 5.58 Å². The van der Waals surface area contributed by atoms with Gasteiger partial charge in [-0.25, -0.2) is 0 Å². The van der Waals surface area contributed by atoms with Gasteiger partial charge in [-0.2, -0.15) is 4.98 Å². The average molecular weight is 519 g/mol. The number of hydrogen-bond acceptors (Lipinski definition) is 4. The van der Waals surface area contributed by atoms with E-state index in [0.717, 1.165) is 38.8 Å². The van der Waals surface area contributed by atoms with Crippen molar-refractivity contribution in [3.63, 3.8) is 0 Å². The molecule has 0 N–H and O–H groups in total. The summed E-state index contributed by atoms with van der Waals surface area (Å²) in [4.78, 5) is 7.21. The van der Waals surface area contributed by atoms with Crippen LogP contribution in [0.5, 0.6) is 0 Å². The number of thiophene rings is 1. The lowest BCUT2D eigenvalue weighted by molar-refractivity contribution is 0.608. The average Bonchev–Trinajstić information content (AvgIpc) is 3.59. The Kier molecular flexibility index (Phi) is 5.00. The third-order valence-electron chi connectivity index (χ3n) is 7.30. The van der Waals surface area contributed by atoms with E-state index in [9.17, 15) is 0 Å². The van der Waals surface area contributed by atoms with E-state index in [1.54, 1.807) is 0 Å². The fraction of sp³-hybridized carbons (Fsp3) is 0. The van der Waals surface area contributed by atoms with Gasteiger partial charge in [0.25, 0.3) is 0 Å². The second kappa shape index (κ2) is 8.83. The van der Waals surface area contributed by atoms with Crippen LogP contribution in [0.4, 0.5) is 17.4 Å². The maximum atomic E-state index is 6.48. The SMILES string of the molecule is c1ccc(-c2cccc(N(c3ccc4c(c3)sc3ccccc34)c3nc4c(ccc5ccccc54)o3)c2)cc1. The van der Waals surface area contributed by atoms with Gasteiger partial charge >= 0.3 is 6.01 Å². The summed E-state index contributed by atoms with van der Waals surface area (Å²) in [7, 11) is 0. The van der Waals surface area contributed by atoms with E-state index in [0.29, 0.717) is 6.01 Å². The molecule has 2 aromatic heterocycles. The van der Waals surface area contributed by atoms with Crippen molar-refractivity contribution in [2.45, 2.75) is 0 Å². The van der Waals surface area contributed by atoms with Crippen LogP contribution in [0.1, 0.15) is 0 Å². The normalized spacial score (nSPS) is 11.6. The van der Waals surface area contributed by atoms with Crippen molar-refractivity contribution in [1.29, 1.82) is 0 Å². The topological polar surface area (TPSA) is 29.3 Å². The van der Waals surface area contributed by atoms with Gasteiger partial charge < -0.3 is 4.42 Å². The Labute approximate surface area is 229 Å². The first kappa shape index (κ1) is 22.1. The molecule has 0 unspecified atom stereocenters. The van der Waals surface area contributed by atoms with Crippen LogP contribution in [-0.2, 0) is 0 Å². The number of fused-ring (bicyclic) bond motifs is 6. The molecule has 0 saturated heterocycles. The molecule has 8 rings (SSSR count). The highest BCUT2D eigenvalue weighted by molar-refractivity contribution is 7.25. The van der Waals surface area contributed by atoms with E-state index in [1.807, 2.05) is 29.5 Å². The van der Waals surface area contributed by atoms with Crippen LogP contribution in [0.15, 0.2) is 138 Å².